The third-order valence-electron chi connectivity index (χ3n) is 3.81. The molecule has 1 aromatic heterocycles. The van der Waals surface area contributed by atoms with E-state index in [1.165, 1.54) is 11.0 Å². The van der Waals surface area contributed by atoms with Gasteiger partial charge in [-0.25, -0.2) is 9.78 Å². The minimum Gasteiger partial charge on any atom is -0.480 e. The highest BCUT2D eigenvalue weighted by atomic mass is 35.5. The zero-order chi connectivity index (χ0) is 15.6. The molecule has 0 aromatic carbocycles. The van der Waals surface area contributed by atoms with Crippen molar-refractivity contribution in [3.05, 3.63) is 28.5 Å². The minimum atomic E-state index is -0.956. The van der Waals surface area contributed by atoms with E-state index in [0.29, 0.717) is 18.5 Å². The monoisotopic (exact) mass is 310 g/mol. The van der Waals surface area contributed by atoms with Crippen LogP contribution in [0.25, 0.3) is 0 Å². The van der Waals surface area contributed by atoms with Crippen LogP contribution in [0.15, 0.2) is 12.1 Å². The highest BCUT2D eigenvalue weighted by Gasteiger charge is 2.39. The van der Waals surface area contributed by atoms with Crippen LogP contribution in [0.1, 0.15) is 42.7 Å². The second kappa shape index (κ2) is 6.43. The maximum atomic E-state index is 12.6. The summed E-state index contributed by atoms with van der Waals surface area (Å²) in [6, 6.07) is 2.45. The molecule has 0 bridgehead atoms. The normalized spacial score (nSPS) is 21.6. The van der Waals surface area contributed by atoms with E-state index < -0.39 is 12.0 Å². The fourth-order valence-electron chi connectivity index (χ4n) is 2.78. The molecule has 0 aliphatic carbocycles. The molecule has 1 aromatic rings. The molecule has 2 unspecified atom stereocenters. The maximum absolute atomic E-state index is 12.6. The van der Waals surface area contributed by atoms with Gasteiger partial charge in [0.2, 0.25) is 0 Å². The van der Waals surface area contributed by atoms with Crippen LogP contribution in [-0.2, 0) is 11.2 Å². The van der Waals surface area contributed by atoms with Crippen LogP contribution in [0.4, 0.5) is 0 Å². The molecule has 1 fully saturated rings. The fourth-order valence-corrected chi connectivity index (χ4v) is 3.00. The highest BCUT2D eigenvalue weighted by molar-refractivity contribution is 6.29. The first-order chi connectivity index (χ1) is 9.93. The number of amides is 1. The Morgan fingerprint density at radius 1 is 1.48 bits per heavy atom. The molecule has 0 spiro atoms. The molecule has 0 saturated carbocycles. The van der Waals surface area contributed by atoms with Crippen LogP contribution >= 0.6 is 11.6 Å². The Bertz CT molecular complexity index is 562. The number of aryl methyl sites for hydroxylation is 1. The lowest BCUT2D eigenvalue weighted by Gasteiger charge is -2.23. The second-order valence-electron chi connectivity index (χ2n) is 5.47. The van der Waals surface area contributed by atoms with Crippen molar-refractivity contribution in [2.45, 2.75) is 39.2 Å². The third-order valence-corrected chi connectivity index (χ3v) is 4.01. The molecule has 2 rings (SSSR count). The van der Waals surface area contributed by atoms with Gasteiger partial charge >= 0.3 is 5.97 Å². The van der Waals surface area contributed by atoms with Crippen molar-refractivity contribution in [2.75, 3.05) is 6.54 Å². The number of carboxylic acids is 1. The summed E-state index contributed by atoms with van der Waals surface area (Å²) >= 11 is 5.97. The van der Waals surface area contributed by atoms with Gasteiger partial charge in [0.1, 0.15) is 11.2 Å². The second-order valence-corrected chi connectivity index (χ2v) is 5.85. The molecule has 6 heteroatoms. The number of aromatic nitrogens is 1. The Morgan fingerprint density at radius 2 is 2.19 bits per heavy atom. The molecule has 5 nitrogen and oxygen atoms in total. The van der Waals surface area contributed by atoms with Gasteiger partial charge in [0, 0.05) is 17.8 Å². The molecular formula is C15H19ClN2O3. The van der Waals surface area contributed by atoms with Crippen LogP contribution < -0.4 is 0 Å². The fraction of sp³-hybridized carbons (Fsp3) is 0.533. The van der Waals surface area contributed by atoms with Crippen molar-refractivity contribution in [2.24, 2.45) is 5.92 Å². The predicted octanol–water partition coefficient (Wildman–Crippen LogP) is 2.62. The number of nitrogens with zero attached hydrogens (tertiary/aromatic N) is 2. The van der Waals surface area contributed by atoms with Crippen molar-refractivity contribution in [3.8, 4) is 0 Å². The van der Waals surface area contributed by atoms with E-state index in [-0.39, 0.29) is 17.0 Å². The number of rotatable bonds is 4. The van der Waals surface area contributed by atoms with Crippen molar-refractivity contribution in [1.82, 2.24) is 9.88 Å². The number of carbonyl (C=O) groups is 2. The average molecular weight is 311 g/mol. The van der Waals surface area contributed by atoms with E-state index in [0.717, 1.165) is 18.5 Å². The lowest BCUT2D eigenvalue weighted by atomic mass is 10.0. The van der Waals surface area contributed by atoms with Gasteiger partial charge in [-0.1, -0.05) is 31.9 Å². The van der Waals surface area contributed by atoms with E-state index in [4.69, 9.17) is 11.6 Å². The van der Waals surface area contributed by atoms with Crippen LogP contribution in [-0.4, -0.2) is 39.5 Å². The van der Waals surface area contributed by atoms with Gasteiger partial charge in [-0.2, -0.15) is 0 Å². The molecule has 2 atom stereocenters. The molecule has 21 heavy (non-hydrogen) atoms. The summed E-state index contributed by atoms with van der Waals surface area (Å²) < 4.78 is 0. The molecule has 114 valence electrons. The molecule has 0 radical (unpaired) electrons. The number of pyridine rings is 1. The number of aliphatic carboxylic acids is 1. The maximum Gasteiger partial charge on any atom is 0.326 e. The summed E-state index contributed by atoms with van der Waals surface area (Å²) in [6.07, 6.45) is 2.34. The average Bonchev–Trinajstić information content (AvgIpc) is 2.79. The smallest absolute Gasteiger partial charge is 0.326 e. The molecular weight excluding hydrogens is 292 g/mol. The van der Waals surface area contributed by atoms with E-state index in [9.17, 15) is 14.7 Å². The van der Waals surface area contributed by atoms with E-state index in [1.54, 1.807) is 6.07 Å². The largest absolute Gasteiger partial charge is 0.480 e. The van der Waals surface area contributed by atoms with E-state index in [2.05, 4.69) is 4.98 Å². The summed E-state index contributed by atoms with van der Waals surface area (Å²) in [5, 5.41) is 9.58. The highest BCUT2D eigenvalue weighted by Crippen LogP contribution is 2.26. The topological polar surface area (TPSA) is 70.5 Å². The van der Waals surface area contributed by atoms with Crippen LogP contribution in [0, 0.1) is 5.92 Å². The van der Waals surface area contributed by atoms with Gasteiger partial charge in [0.25, 0.3) is 5.91 Å². The zero-order valence-corrected chi connectivity index (χ0v) is 12.9. The Hall–Kier alpha value is -1.62. The summed E-state index contributed by atoms with van der Waals surface area (Å²) in [5.41, 5.74) is 1.17. The van der Waals surface area contributed by atoms with Gasteiger partial charge in [0.05, 0.1) is 0 Å². The van der Waals surface area contributed by atoms with Crippen LogP contribution in [0.3, 0.4) is 0 Å². The number of carbonyl (C=O) groups excluding carboxylic acids is 1. The zero-order valence-electron chi connectivity index (χ0n) is 12.2. The Labute approximate surface area is 128 Å². The third kappa shape index (κ3) is 3.35. The minimum absolute atomic E-state index is 0.0427. The summed E-state index contributed by atoms with van der Waals surface area (Å²) in [7, 11) is 0. The number of carboxylic acid groups (broad SMARTS) is 1. The standard InChI is InChI=1S/C15H19ClN2O3/c1-3-4-11-7-10(8-12(16)17-11)14(19)18-6-5-9(2)13(18)15(20)21/h7-9,13H,3-6H2,1-2H3,(H,20,21). The van der Waals surface area contributed by atoms with Gasteiger partial charge in [-0.3, -0.25) is 4.79 Å². The lowest BCUT2D eigenvalue weighted by Crippen LogP contribution is -2.42. The van der Waals surface area contributed by atoms with Crippen LogP contribution in [0.2, 0.25) is 5.15 Å². The number of halogens is 1. The molecule has 2 heterocycles. The summed E-state index contributed by atoms with van der Waals surface area (Å²) in [5.74, 6) is -1.28. The summed E-state index contributed by atoms with van der Waals surface area (Å²) in [6.45, 7) is 4.33. The van der Waals surface area contributed by atoms with Gasteiger partial charge in [0.15, 0.2) is 0 Å². The first kappa shape index (κ1) is 15.8. The Kier molecular flexibility index (Phi) is 4.83. The van der Waals surface area contributed by atoms with Crippen molar-refractivity contribution >= 4 is 23.5 Å². The van der Waals surface area contributed by atoms with Crippen molar-refractivity contribution in [1.29, 1.82) is 0 Å². The van der Waals surface area contributed by atoms with Gasteiger partial charge in [-0.15, -0.1) is 0 Å². The number of likely N-dealkylation sites (tertiary alicyclic amines) is 1. The molecule has 1 aliphatic rings. The van der Waals surface area contributed by atoms with Gasteiger partial charge < -0.3 is 10.0 Å². The quantitative estimate of drug-likeness (QED) is 0.868. The molecule has 1 N–H and O–H groups in total. The lowest BCUT2D eigenvalue weighted by molar-refractivity contribution is -0.142. The van der Waals surface area contributed by atoms with Crippen molar-refractivity contribution < 1.29 is 14.7 Å². The van der Waals surface area contributed by atoms with Crippen LogP contribution in [0.5, 0.6) is 0 Å². The first-order valence-corrected chi connectivity index (χ1v) is 7.52. The van der Waals surface area contributed by atoms with E-state index >= 15 is 0 Å². The molecule has 1 amide bonds. The first-order valence-electron chi connectivity index (χ1n) is 7.14. The van der Waals surface area contributed by atoms with Gasteiger partial charge in [-0.05, 0) is 30.9 Å². The Morgan fingerprint density at radius 3 is 2.81 bits per heavy atom. The Balaban J connectivity index is 2.29. The number of hydrogen-bond acceptors (Lipinski definition) is 3. The summed E-state index contributed by atoms with van der Waals surface area (Å²) in [4.78, 5) is 29.6. The number of hydrogen-bond donors (Lipinski definition) is 1. The predicted molar refractivity (Wildman–Crippen MR) is 79.5 cm³/mol. The SMILES string of the molecule is CCCc1cc(C(=O)N2CCC(C)C2C(=O)O)cc(Cl)n1. The van der Waals surface area contributed by atoms with Crippen molar-refractivity contribution in [3.63, 3.8) is 0 Å². The van der Waals surface area contributed by atoms with E-state index in [1.807, 2.05) is 13.8 Å². The molecule has 1 saturated heterocycles. The molecule has 1 aliphatic heterocycles.